The van der Waals surface area contributed by atoms with Gasteiger partial charge in [0, 0.05) is 30.5 Å². The summed E-state index contributed by atoms with van der Waals surface area (Å²) in [4.78, 5) is 63.6. The summed E-state index contributed by atoms with van der Waals surface area (Å²) in [5.41, 5.74) is 1.50. The highest BCUT2D eigenvalue weighted by atomic mass is 32.1. The molecule has 4 amide bonds. The summed E-state index contributed by atoms with van der Waals surface area (Å²) in [5.74, 6) is -1.27. The Labute approximate surface area is 258 Å². The quantitative estimate of drug-likeness (QED) is 0.405. The van der Waals surface area contributed by atoms with Gasteiger partial charge in [-0.1, -0.05) is 44.2 Å². The van der Waals surface area contributed by atoms with Crippen LogP contribution in [0.15, 0.2) is 41.1 Å². The highest BCUT2D eigenvalue weighted by Crippen LogP contribution is 2.27. The van der Waals surface area contributed by atoms with Crippen LogP contribution in [0, 0.1) is 5.92 Å². The van der Waals surface area contributed by atoms with Crippen LogP contribution in [0.5, 0.6) is 0 Å². The SMILES string of the molecule is CC(C)[C@@H]1NC(=O)c2csc(n2)[C@H](Cc2ccccc2)NC(=O)CN(C(=O)[C@@H]2CCCO2)CCCNC(=O)c2csc1n2. The fourth-order valence-corrected chi connectivity index (χ4v) is 6.95. The number of carbonyl (C=O) groups is 4. The van der Waals surface area contributed by atoms with E-state index in [2.05, 4.69) is 25.9 Å². The van der Waals surface area contributed by atoms with Gasteiger partial charge >= 0.3 is 0 Å². The molecule has 4 heterocycles. The number of benzene rings is 1. The second-order valence-electron chi connectivity index (χ2n) is 11.0. The minimum atomic E-state index is -0.577. The Morgan fingerprint density at radius 1 is 1.00 bits per heavy atom. The molecule has 11 nitrogen and oxygen atoms in total. The van der Waals surface area contributed by atoms with Crippen molar-refractivity contribution in [2.45, 2.75) is 57.7 Å². The molecule has 1 aromatic carbocycles. The smallest absolute Gasteiger partial charge is 0.271 e. The lowest BCUT2D eigenvalue weighted by Crippen LogP contribution is -2.46. The van der Waals surface area contributed by atoms with Crippen molar-refractivity contribution in [1.82, 2.24) is 30.8 Å². The maximum absolute atomic E-state index is 13.4. The number of rotatable bonds is 4. The standard InChI is InChI=1S/C30H36N6O5S2/c1-18(2)25-29-34-21(16-43-29)26(38)31-11-7-12-36(30(40)23-10-6-13-41-23)15-24(37)32-20(14-19-8-4-3-5-9-19)28-33-22(17-42-28)27(39)35-25/h3-5,8-9,16-18,20,23,25H,6-7,10-15H2,1-2H3,(H,31,38)(H,32,37)(H,35,39)/t20-,23-,25-/m0/s1. The zero-order valence-electron chi connectivity index (χ0n) is 24.2. The van der Waals surface area contributed by atoms with Crippen molar-refractivity contribution in [3.05, 3.63) is 68.1 Å². The van der Waals surface area contributed by atoms with Crippen LogP contribution in [0.1, 0.15) is 81.7 Å². The highest BCUT2D eigenvalue weighted by molar-refractivity contribution is 7.10. The third-order valence-electron chi connectivity index (χ3n) is 7.39. The van der Waals surface area contributed by atoms with E-state index in [1.807, 2.05) is 44.2 Å². The van der Waals surface area contributed by atoms with Crippen LogP contribution in [0.3, 0.4) is 0 Å². The number of aromatic nitrogens is 2. The van der Waals surface area contributed by atoms with Gasteiger partial charge in [0.05, 0.1) is 18.6 Å². The van der Waals surface area contributed by atoms with Crippen molar-refractivity contribution >= 4 is 46.3 Å². The first-order chi connectivity index (χ1) is 20.8. The summed E-state index contributed by atoms with van der Waals surface area (Å²) < 4.78 is 5.62. The Hall–Kier alpha value is -3.68. The maximum Gasteiger partial charge on any atom is 0.271 e. The van der Waals surface area contributed by atoms with E-state index in [1.165, 1.54) is 27.6 Å². The molecule has 0 radical (unpaired) electrons. The molecule has 228 valence electrons. The first-order valence-electron chi connectivity index (χ1n) is 14.5. The average molecular weight is 625 g/mol. The van der Waals surface area contributed by atoms with E-state index < -0.39 is 18.2 Å². The molecule has 0 unspecified atom stereocenters. The fourth-order valence-electron chi connectivity index (χ4n) is 5.08. The monoisotopic (exact) mass is 624 g/mol. The number of hydrogen-bond donors (Lipinski definition) is 3. The lowest BCUT2D eigenvalue weighted by atomic mass is 10.0. The third-order valence-corrected chi connectivity index (χ3v) is 9.27. The lowest BCUT2D eigenvalue weighted by Gasteiger charge is -2.26. The van der Waals surface area contributed by atoms with Crippen LogP contribution in [-0.2, 0) is 20.7 Å². The zero-order chi connectivity index (χ0) is 30.3. The van der Waals surface area contributed by atoms with Gasteiger partial charge in [0.1, 0.15) is 27.5 Å². The van der Waals surface area contributed by atoms with Gasteiger partial charge < -0.3 is 25.6 Å². The summed E-state index contributed by atoms with van der Waals surface area (Å²) in [5, 5.41) is 13.5. The molecule has 2 aromatic heterocycles. The van der Waals surface area contributed by atoms with Crippen molar-refractivity contribution in [3.63, 3.8) is 0 Å². The first-order valence-corrected chi connectivity index (χ1v) is 16.3. The van der Waals surface area contributed by atoms with Gasteiger partial charge in [0.2, 0.25) is 5.91 Å². The Kier molecular flexibility index (Phi) is 10.2. The van der Waals surface area contributed by atoms with Gasteiger partial charge in [-0.2, -0.15) is 0 Å². The molecule has 0 spiro atoms. The largest absolute Gasteiger partial charge is 0.368 e. The molecule has 1 fully saturated rings. The maximum atomic E-state index is 13.4. The minimum Gasteiger partial charge on any atom is -0.368 e. The molecular weight excluding hydrogens is 589 g/mol. The molecule has 1 saturated heterocycles. The van der Waals surface area contributed by atoms with Crippen LogP contribution >= 0.6 is 22.7 Å². The molecular formula is C30H36N6O5S2. The predicted octanol–water partition coefficient (Wildman–Crippen LogP) is 3.27. The van der Waals surface area contributed by atoms with Gasteiger partial charge in [-0.05, 0) is 37.2 Å². The minimum absolute atomic E-state index is 0.00992. The predicted molar refractivity (Wildman–Crippen MR) is 163 cm³/mol. The molecule has 0 aliphatic carbocycles. The number of fused-ring (bicyclic) bond motifs is 4. The van der Waals surface area contributed by atoms with Crippen LogP contribution in [0.25, 0.3) is 0 Å². The zero-order valence-corrected chi connectivity index (χ0v) is 25.8. The van der Waals surface area contributed by atoms with Gasteiger partial charge in [-0.25, -0.2) is 9.97 Å². The van der Waals surface area contributed by atoms with E-state index in [0.29, 0.717) is 42.4 Å². The van der Waals surface area contributed by atoms with E-state index in [1.54, 1.807) is 10.8 Å². The van der Waals surface area contributed by atoms with E-state index in [-0.39, 0.29) is 54.0 Å². The van der Waals surface area contributed by atoms with Gasteiger partial charge in [0.15, 0.2) is 0 Å². The van der Waals surface area contributed by atoms with Crippen molar-refractivity contribution in [2.75, 3.05) is 26.2 Å². The van der Waals surface area contributed by atoms with Crippen LogP contribution in [0.4, 0.5) is 0 Å². The van der Waals surface area contributed by atoms with Crippen LogP contribution in [-0.4, -0.2) is 70.8 Å². The fraction of sp³-hybridized carbons (Fsp3) is 0.467. The molecule has 3 atom stereocenters. The Bertz CT molecular complexity index is 1440. The van der Waals surface area contributed by atoms with Crippen molar-refractivity contribution in [3.8, 4) is 0 Å². The topological polar surface area (TPSA) is 143 Å². The number of nitrogens with zero attached hydrogens (tertiary/aromatic N) is 3. The summed E-state index contributed by atoms with van der Waals surface area (Å²) in [7, 11) is 0. The second-order valence-corrected chi connectivity index (χ2v) is 12.8. The summed E-state index contributed by atoms with van der Waals surface area (Å²) >= 11 is 2.62. The average Bonchev–Trinajstić information content (AvgIpc) is 3.79. The Morgan fingerprint density at radius 3 is 2.44 bits per heavy atom. The molecule has 3 N–H and O–H groups in total. The summed E-state index contributed by atoms with van der Waals surface area (Å²) in [6, 6.07) is 8.80. The molecule has 4 bridgehead atoms. The van der Waals surface area contributed by atoms with Gasteiger partial charge in [0.25, 0.3) is 17.7 Å². The summed E-state index contributed by atoms with van der Waals surface area (Å²) in [6.45, 7) is 4.87. The second kappa shape index (κ2) is 14.2. The first kappa shape index (κ1) is 30.8. The molecule has 0 saturated carbocycles. The van der Waals surface area contributed by atoms with E-state index in [4.69, 9.17) is 4.74 Å². The Balaban J connectivity index is 1.45. The number of hydrogen-bond acceptors (Lipinski definition) is 9. The third kappa shape index (κ3) is 7.84. The van der Waals surface area contributed by atoms with Crippen LogP contribution in [0.2, 0.25) is 0 Å². The molecule has 2 aliphatic rings. The van der Waals surface area contributed by atoms with Crippen molar-refractivity contribution in [2.24, 2.45) is 5.92 Å². The number of thiazole rings is 2. The lowest BCUT2D eigenvalue weighted by molar-refractivity contribution is -0.144. The van der Waals surface area contributed by atoms with Gasteiger partial charge in [-0.15, -0.1) is 22.7 Å². The summed E-state index contributed by atoms with van der Waals surface area (Å²) in [6.07, 6.45) is 1.73. The van der Waals surface area contributed by atoms with E-state index >= 15 is 0 Å². The van der Waals surface area contributed by atoms with E-state index in [0.717, 1.165) is 12.0 Å². The molecule has 43 heavy (non-hydrogen) atoms. The number of ether oxygens (including phenoxy) is 1. The number of nitrogens with one attached hydrogen (secondary N) is 3. The number of carbonyl (C=O) groups excluding carboxylic acids is 4. The molecule has 3 aromatic rings. The Morgan fingerprint density at radius 2 is 1.72 bits per heavy atom. The normalized spacial score (nSPS) is 22.3. The van der Waals surface area contributed by atoms with Crippen LogP contribution < -0.4 is 16.0 Å². The molecule has 5 rings (SSSR count). The molecule has 2 aliphatic heterocycles. The number of amides is 4. The van der Waals surface area contributed by atoms with E-state index in [9.17, 15) is 19.2 Å². The van der Waals surface area contributed by atoms with Crippen molar-refractivity contribution < 1.29 is 23.9 Å². The molecule has 13 heteroatoms. The van der Waals surface area contributed by atoms with Gasteiger partial charge in [-0.3, -0.25) is 19.2 Å². The highest BCUT2D eigenvalue weighted by Gasteiger charge is 2.31. The van der Waals surface area contributed by atoms with Crippen molar-refractivity contribution in [1.29, 1.82) is 0 Å².